The standard InChI is InChI=1S/C10H12N6O/c1-6-8(11)9(16(2)15-6)14-10(17)7-3-12-5-13-4-7/h3-5H,11H2,1-2H3,(H,14,17). The minimum Gasteiger partial charge on any atom is -0.394 e. The van der Waals surface area contributed by atoms with E-state index in [0.29, 0.717) is 22.8 Å². The van der Waals surface area contributed by atoms with E-state index in [9.17, 15) is 4.79 Å². The Morgan fingerprint density at radius 3 is 2.59 bits per heavy atom. The summed E-state index contributed by atoms with van der Waals surface area (Å²) in [5.41, 5.74) is 7.30. The number of hydrogen-bond donors (Lipinski definition) is 2. The zero-order chi connectivity index (χ0) is 12.4. The predicted octanol–water partition coefficient (Wildman–Crippen LogP) is 0.353. The van der Waals surface area contributed by atoms with E-state index in [-0.39, 0.29) is 5.91 Å². The third-order valence-electron chi connectivity index (χ3n) is 2.32. The zero-order valence-electron chi connectivity index (χ0n) is 9.51. The highest BCUT2D eigenvalue weighted by molar-refractivity contribution is 6.04. The van der Waals surface area contributed by atoms with Crippen LogP contribution in [0.5, 0.6) is 0 Å². The quantitative estimate of drug-likeness (QED) is 0.778. The molecule has 0 radical (unpaired) electrons. The van der Waals surface area contributed by atoms with Gasteiger partial charge in [-0.2, -0.15) is 5.10 Å². The predicted molar refractivity (Wildman–Crippen MR) is 62.3 cm³/mol. The smallest absolute Gasteiger partial charge is 0.260 e. The molecule has 0 aromatic carbocycles. The fourth-order valence-corrected chi connectivity index (χ4v) is 1.42. The molecule has 88 valence electrons. The number of anilines is 2. The zero-order valence-corrected chi connectivity index (χ0v) is 9.51. The lowest BCUT2D eigenvalue weighted by molar-refractivity contribution is 0.102. The second-order valence-electron chi connectivity index (χ2n) is 3.55. The van der Waals surface area contributed by atoms with Crippen LogP contribution in [0.25, 0.3) is 0 Å². The lowest BCUT2D eigenvalue weighted by atomic mass is 10.3. The molecule has 0 saturated heterocycles. The van der Waals surface area contributed by atoms with Gasteiger partial charge in [-0.25, -0.2) is 9.97 Å². The topological polar surface area (TPSA) is 98.7 Å². The summed E-state index contributed by atoms with van der Waals surface area (Å²) in [6.45, 7) is 1.77. The number of nitrogens with zero attached hydrogens (tertiary/aromatic N) is 4. The number of rotatable bonds is 2. The van der Waals surface area contributed by atoms with Crippen molar-refractivity contribution in [2.24, 2.45) is 7.05 Å². The molecule has 0 unspecified atom stereocenters. The largest absolute Gasteiger partial charge is 0.394 e. The molecule has 0 aliphatic heterocycles. The minimum absolute atomic E-state index is 0.319. The molecule has 0 atom stereocenters. The Morgan fingerprint density at radius 1 is 1.41 bits per heavy atom. The fraction of sp³-hybridized carbons (Fsp3) is 0.200. The van der Waals surface area contributed by atoms with E-state index in [1.807, 2.05) is 0 Å². The van der Waals surface area contributed by atoms with Crippen molar-refractivity contribution >= 4 is 17.4 Å². The van der Waals surface area contributed by atoms with Gasteiger partial charge in [-0.15, -0.1) is 0 Å². The number of amides is 1. The number of aromatic nitrogens is 4. The highest BCUT2D eigenvalue weighted by Crippen LogP contribution is 2.21. The monoisotopic (exact) mass is 232 g/mol. The number of hydrogen-bond acceptors (Lipinski definition) is 5. The first-order valence-corrected chi connectivity index (χ1v) is 4.95. The summed E-state index contributed by atoms with van der Waals surface area (Å²) in [5.74, 6) is 0.150. The summed E-state index contributed by atoms with van der Waals surface area (Å²) >= 11 is 0. The van der Waals surface area contributed by atoms with Crippen LogP contribution in [-0.4, -0.2) is 25.7 Å². The molecule has 0 spiro atoms. The normalized spacial score (nSPS) is 10.2. The molecule has 0 bridgehead atoms. The highest BCUT2D eigenvalue weighted by Gasteiger charge is 2.14. The van der Waals surface area contributed by atoms with Gasteiger partial charge in [0.25, 0.3) is 5.91 Å². The lowest BCUT2D eigenvalue weighted by Gasteiger charge is -2.05. The van der Waals surface area contributed by atoms with Gasteiger partial charge in [-0.05, 0) is 6.92 Å². The SMILES string of the molecule is Cc1nn(C)c(NC(=O)c2cncnc2)c1N. The van der Waals surface area contributed by atoms with Gasteiger partial charge in [0.1, 0.15) is 6.33 Å². The molecule has 3 N–H and O–H groups in total. The van der Waals surface area contributed by atoms with E-state index >= 15 is 0 Å². The molecule has 0 fully saturated rings. The number of nitrogens with two attached hydrogens (primary N) is 1. The van der Waals surface area contributed by atoms with Gasteiger partial charge in [-0.1, -0.05) is 0 Å². The number of carbonyl (C=O) groups excluding carboxylic acids is 1. The summed E-state index contributed by atoms with van der Waals surface area (Å²) in [6.07, 6.45) is 4.23. The first-order valence-electron chi connectivity index (χ1n) is 4.95. The highest BCUT2D eigenvalue weighted by atomic mass is 16.1. The van der Waals surface area contributed by atoms with Gasteiger partial charge < -0.3 is 11.1 Å². The van der Waals surface area contributed by atoms with Crippen LogP contribution in [0, 0.1) is 6.92 Å². The molecule has 2 heterocycles. The van der Waals surface area contributed by atoms with Crippen molar-refractivity contribution in [2.45, 2.75) is 6.92 Å². The summed E-state index contributed by atoms with van der Waals surface area (Å²) < 4.78 is 1.52. The number of nitrogen functional groups attached to an aromatic ring is 1. The minimum atomic E-state index is -0.319. The van der Waals surface area contributed by atoms with Crippen LogP contribution in [0.3, 0.4) is 0 Å². The Morgan fingerprint density at radius 2 is 2.06 bits per heavy atom. The van der Waals surface area contributed by atoms with E-state index in [0.717, 1.165) is 0 Å². The molecule has 2 aromatic heterocycles. The number of nitrogens with one attached hydrogen (secondary N) is 1. The van der Waals surface area contributed by atoms with Gasteiger partial charge >= 0.3 is 0 Å². The van der Waals surface area contributed by atoms with Crippen molar-refractivity contribution in [2.75, 3.05) is 11.1 Å². The molecular weight excluding hydrogens is 220 g/mol. The molecule has 0 aliphatic carbocycles. The lowest BCUT2D eigenvalue weighted by Crippen LogP contribution is -2.16. The van der Waals surface area contributed by atoms with E-state index in [1.165, 1.54) is 23.4 Å². The Labute approximate surface area is 97.7 Å². The van der Waals surface area contributed by atoms with E-state index < -0.39 is 0 Å². The molecule has 1 amide bonds. The second kappa shape index (κ2) is 4.20. The van der Waals surface area contributed by atoms with Gasteiger partial charge in [0, 0.05) is 19.4 Å². The van der Waals surface area contributed by atoms with Crippen molar-refractivity contribution in [1.82, 2.24) is 19.7 Å². The number of carbonyl (C=O) groups is 1. The fourth-order valence-electron chi connectivity index (χ4n) is 1.42. The summed E-state index contributed by atoms with van der Waals surface area (Å²) in [4.78, 5) is 19.4. The van der Waals surface area contributed by atoms with Gasteiger partial charge in [0.2, 0.25) is 0 Å². The summed E-state index contributed by atoms with van der Waals surface area (Å²) in [6, 6.07) is 0. The maximum absolute atomic E-state index is 11.8. The van der Waals surface area contributed by atoms with Crippen LogP contribution in [0.1, 0.15) is 16.1 Å². The molecule has 2 aromatic rings. The molecule has 0 aliphatic rings. The summed E-state index contributed by atoms with van der Waals surface area (Å²) in [7, 11) is 1.71. The van der Waals surface area contributed by atoms with Crippen LogP contribution < -0.4 is 11.1 Å². The molecule has 0 saturated carbocycles. The van der Waals surface area contributed by atoms with E-state index in [2.05, 4.69) is 20.4 Å². The van der Waals surface area contributed by atoms with Crippen LogP contribution in [0.4, 0.5) is 11.5 Å². The molecule has 7 heteroatoms. The maximum Gasteiger partial charge on any atom is 0.260 e. The van der Waals surface area contributed by atoms with Crippen LogP contribution in [0.2, 0.25) is 0 Å². The molecular formula is C10H12N6O. The van der Waals surface area contributed by atoms with Gasteiger partial charge in [-0.3, -0.25) is 9.48 Å². The van der Waals surface area contributed by atoms with E-state index in [4.69, 9.17) is 5.73 Å². The van der Waals surface area contributed by atoms with E-state index in [1.54, 1.807) is 14.0 Å². The van der Waals surface area contributed by atoms with Gasteiger partial charge in [0.15, 0.2) is 5.82 Å². The Bertz CT molecular complexity index is 547. The Balaban J connectivity index is 2.25. The first kappa shape index (κ1) is 11.1. The second-order valence-corrected chi connectivity index (χ2v) is 3.55. The summed E-state index contributed by atoms with van der Waals surface area (Å²) in [5, 5.41) is 6.78. The third kappa shape index (κ3) is 2.07. The van der Waals surface area contributed by atoms with Gasteiger partial charge in [0.05, 0.1) is 16.9 Å². The first-order chi connectivity index (χ1) is 8.09. The van der Waals surface area contributed by atoms with Crippen molar-refractivity contribution in [1.29, 1.82) is 0 Å². The molecule has 17 heavy (non-hydrogen) atoms. The Kier molecular flexibility index (Phi) is 2.73. The van der Waals surface area contributed by atoms with Crippen LogP contribution in [-0.2, 0) is 7.05 Å². The molecule has 7 nitrogen and oxygen atoms in total. The number of aryl methyl sites for hydroxylation is 2. The Hall–Kier alpha value is -2.44. The van der Waals surface area contributed by atoms with Crippen molar-refractivity contribution < 1.29 is 4.79 Å². The van der Waals surface area contributed by atoms with Crippen LogP contribution in [0.15, 0.2) is 18.7 Å². The van der Waals surface area contributed by atoms with Crippen molar-refractivity contribution in [3.05, 3.63) is 30.0 Å². The average molecular weight is 232 g/mol. The van der Waals surface area contributed by atoms with Crippen LogP contribution >= 0.6 is 0 Å². The van der Waals surface area contributed by atoms with Crippen molar-refractivity contribution in [3.8, 4) is 0 Å². The average Bonchev–Trinajstić information content (AvgIpc) is 2.57. The van der Waals surface area contributed by atoms with Crippen molar-refractivity contribution in [3.63, 3.8) is 0 Å². The molecule has 2 rings (SSSR count). The maximum atomic E-state index is 11.8. The third-order valence-corrected chi connectivity index (χ3v) is 2.32.